The fourth-order valence-corrected chi connectivity index (χ4v) is 3.41. The van der Waals surface area contributed by atoms with Crippen LogP contribution in [0.25, 0.3) is 0 Å². The van der Waals surface area contributed by atoms with E-state index in [-0.39, 0.29) is 18.2 Å². The SMILES string of the molecule is CC(NS(=O)(=O)CCC1NC(=O)NC1=O)c1ccccc1. The molecule has 0 radical (unpaired) electrons. The molecule has 3 amide bonds. The van der Waals surface area contributed by atoms with Crippen molar-refractivity contribution in [2.45, 2.75) is 25.4 Å². The second kappa shape index (κ2) is 6.23. The number of rotatable bonds is 6. The quantitative estimate of drug-likeness (QED) is 0.656. The van der Waals surface area contributed by atoms with E-state index < -0.39 is 28.0 Å². The van der Waals surface area contributed by atoms with Crippen LogP contribution < -0.4 is 15.4 Å². The Labute approximate surface area is 123 Å². The zero-order valence-corrected chi connectivity index (χ0v) is 12.3. The first-order valence-electron chi connectivity index (χ1n) is 6.54. The van der Waals surface area contributed by atoms with Crippen molar-refractivity contribution in [3.63, 3.8) is 0 Å². The molecule has 1 aromatic rings. The second-order valence-corrected chi connectivity index (χ2v) is 6.75. The molecule has 114 valence electrons. The van der Waals surface area contributed by atoms with Gasteiger partial charge >= 0.3 is 6.03 Å². The van der Waals surface area contributed by atoms with Crippen molar-refractivity contribution in [1.29, 1.82) is 0 Å². The Kier molecular flexibility index (Phi) is 4.59. The predicted molar refractivity (Wildman–Crippen MR) is 76.9 cm³/mol. The average Bonchev–Trinajstić information content (AvgIpc) is 2.75. The Bertz CT molecular complexity index is 630. The number of nitrogens with one attached hydrogen (secondary N) is 3. The molecule has 0 spiro atoms. The van der Waals surface area contributed by atoms with Gasteiger partial charge in [-0.3, -0.25) is 10.1 Å². The van der Waals surface area contributed by atoms with Crippen molar-refractivity contribution < 1.29 is 18.0 Å². The molecule has 1 aliphatic rings. The minimum absolute atomic E-state index is 0.0361. The molecule has 1 saturated heterocycles. The molecule has 1 aromatic carbocycles. The number of sulfonamides is 1. The summed E-state index contributed by atoms with van der Waals surface area (Å²) in [4.78, 5) is 22.3. The first kappa shape index (κ1) is 15.5. The smallest absolute Gasteiger partial charge is 0.322 e. The first-order chi connectivity index (χ1) is 9.87. The third kappa shape index (κ3) is 4.27. The Balaban J connectivity index is 1.90. The third-order valence-corrected chi connectivity index (χ3v) is 4.68. The zero-order valence-electron chi connectivity index (χ0n) is 11.5. The molecule has 0 aliphatic carbocycles. The van der Waals surface area contributed by atoms with Crippen molar-refractivity contribution in [3.8, 4) is 0 Å². The highest BCUT2D eigenvalue weighted by atomic mass is 32.2. The maximum absolute atomic E-state index is 12.0. The van der Waals surface area contributed by atoms with Gasteiger partial charge in [-0.2, -0.15) is 0 Å². The van der Waals surface area contributed by atoms with Crippen LogP contribution in [-0.2, 0) is 14.8 Å². The minimum Gasteiger partial charge on any atom is -0.326 e. The van der Waals surface area contributed by atoms with Crippen LogP contribution in [0, 0.1) is 0 Å². The van der Waals surface area contributed by atoms with E-state index in [1.807, 2.05) is 30.3 Å². The average molecular weight is 311 g/mol. The van der Waals surface area contributed by atoms with Gasteiger partial charge in [0.05, 0.1) is 5.75 Å². The molecule has 2 unspecified atom stereocenters. The number of carbonyl (C=O) groups is 2. The number of urea groups is 1. The van der Waals surface area contributed by atoms with Gasteiger partial charge in [0.1, 0.15) is 6.04 Å². The molecule has 0 bridgehead atoms. The number of amides is 3. The molecular formula is C13H17N3O4S. The second-order valence-electron chi connectivity index (χ2n) is 4.87. The summed E-state index contributed by atoms with van der Waals surface area (Å²) in [6, 6.07) is 7.44. The Morgan fingerprint density at radius 1 is 1.24 bits per heavy atom. The predicted octanol–water partition coefficient (Wildman–Crippen LogP) is 0.265. The number of imide groups is 1. The summed E-state index contributed by atoms with van der Waals surface area (Å²) in [6.45, 7) is 1.75. The first-order valence-corrected chi connectivity index (χ1v) is 8.19. The van der Waals surface area contributed by atoms with Crippen LogP contribution in [0.2, 0.25) is 0 Å². The molecule has 1 heterocycles. The minimum atomic E-state index is -3.54. The van der Waals surface area contributed by atoms with Crippen LogP contribution >= 0.6 is 0 Å². The number of carbonyl (C=O) groups excluding carboxylic acids is 2. The fraction of sp³-hybridized carbons (Fsp3) is 0.385. The Morgan fingerprint density at radius 2 is 1.90 bits per heavy atom. The molecule has 0 saturated carbocycles. The van der Waals surface area contributed by atoms with Gasteiger partial charge in [0.25, 0.3) is 5.91 Å². The van der Waals surface area contributed by atoms with Crippen LogP contribution in [0.3, 0.4) is 0 Å². The van der Waals surface area contributed by atoms with E-state index in [1.165, 1.54) is 0 Å². The van der Waals surface area contributed by atoms with Crippen LogP contribution in [-0.4, -0.2) is 32.2 Å². The van der Waals surface area contributed by atoms with Gasteiger partial charge in [0.15, 0.2) is 0 Å². The van der Waals surface area contributed by atoms with Gasteiger partial charge in [-0.25, -0.2) is 17.9 Å². The lowest BCUT2D eigenvalue weighted by Crippen LogP contribution is -2.35. The molecule has 3 N–H and O–H groups in total. The van der Waals surface area contributed by atoms with E-state index in [4.69, 9.17) is 0 Å². The van der Waals surface area contributed by atoms with Crippen LogP contribution in [0.4, 0.5) is 4.79 Å². The normalized spacial score (nSPS) is 20.0. The monoisotopic (exact) mass is 311 g/mol. The third-order valence-electron chi connectivity index (χ3n) is 3.19. The van der Waals surface area contributed by atoms with Crippen molar-refractivity contribution in [2.75, 3.05) is 5.75 Å². The summed E-state index contributed by atoms with van der Waals surface area (Å²) >= 11 is 0. The molecule has 1 fully saturated rings. The summed E-state index contributed by atoms with van der Waals surface area (Å²) in [7, 11) is -3.54. The number of hydrogen-bond acceptors (Lipinski definition) is 4. The maximum Gasteiger partial charge on any atom is 0.322 e. The van der Waals surface area contributed by atoms with E-state index in [0.717, 1.165) is 5.56 Å². The molecular weight excluding hydrogens is 294 g/mol. The molecule has 7 nitrogen and oxygen atoms in total. The fourth-order valence-electron chi connectivity index (χ4n) is 2.07. The number of benzene rings is 1. The van der Waals surface area contributed by atoms with Crippen LogP contribution in [0.1, 0.15) is 24.9 Å². The lowest BCUT2D eigenvalue weighted by molar-refractivity contribution is -0.120. The van der Waals surface area contributed by atoms with Gasteiger partial charge < -0.3 is 5.32 Å². The standard InChI is InChI=1S/C13H17N3O4S/c1-9(10-5-3-2-4-6-10)16-21(19,20)8-7-11-12(17)15-13(18)14-11/h2-6,9,11,16H,7-8H2,1H3,(H2,14,15,17,18). The molecule has 0 aromatic heterocycles. The Morgan fingerprint density at radius 3 is 2.48 bits per heavy atom. The van der Waals surface area contributed by atoms with Crippen molar-refractivity contribution in [3.05, 3.63) is 35.9 Å². The van der Waals surface area contributed by atoms with Gasteiger partial charge in [-0.15, -0.1) is 0 Å². The van der Waals surface area contributed by atoms with Gasteiger partial charge in [0.2, 0.25) is 10.0 Å². The Hall–Kier alpha value is -1.93. The summed E-state index contributed by atoms with van der Waals surface area (Å²) in [5, 5.41) is 4.43. The summed E-state index contributed by atoms with van der Waals surface area (Å²) < 4.78 is 26.6. The van der Waals surface area contributed by atoms with Crippen LogP contribution in [0.5, 0.6) is 0 Å². The van der Waals surface area contributed by atoms with Gasteiger partial charge in [0, 0.05) is 6.04 Å². The lowest BCUT2D eigenvalue weighted by atomic mass is 10.1. The summed E-state index contributed by atoms with van der Waals surface area (Å²) in [5.74, 6) is -0.728. The van der Waals surface area contributed by atoms with Crippen LogP contribution in [0.15, 0.2) is 30.3 Å². The molecule has 2 rings (SSSR count). The molecule has 2 atom stereocenters. The number of hydrogen-bond donors (Lipinski definition) is 3. The topological polar surface area (TPSA) is 104 Å². The molecule has 1 aliphatic heterocycles. The van der Waals surface area contributed by atoms with E-state index >= 15 is 0 Å². The van der Waals surface area contributed by atoms with E-state index in [0.29, 0.717) is 0 Å². The van der Waals surface area contributed by atoms with Crippen molar-refractivity contribution in [1.82, 2.24) is 15.4 Å². The molecule has 8 heteroatoms. The summed E-state index contributed by atoms with van der Waals surface area (Å²) in [6.07, 6.45) is 0.0361. The van der Waals surface area contributed by atoms with Gasteiger partial charge in [-0.1, -0.05) is 30.3 Å². The van der Waals surface area contributed by atoms with E-state index in [1.54, 1.807) is 6.92 Å². The van der Waals surface area contributed by atoms with E-state index in [9.17, 15) is 18.0 Å². The van der Waals surface area contributed by atoms with Crippen molar-refractivity contribution in [2.24, 2.45) is 0 Å². The van der Waals surface area contributed by atoms with Gasteiger partial charge in [-0.05, 0) is 18.9 Å². The highest BCUT2D eigenvalue weighted by Gasteiger charge is 2.30. The lowest BCUT2D eigenvalue weighted by Gasteiger charge is -2.15. The van der Waals surface area contributed by atoms with Crippen molar-refractivity contribution >= 4 is 22.0 Å². The largest absolute Gasteiger partial charge is 0.326 e. The van der Waals surface area contributed by atoms with E-state index in [2.05, 4.69) is 15.4 Å². The summed E-state index contributed by atoms with van der Waals surface area (Å²) in [5.41, 5.74) is 0.855. The highest BCUT2D eigenvalue weighted by Crippen LogP contribution is 2.13. The molecule has 21 heavy (non-hydrogen) atoms. The zero-order chi connectivity index (χ0) is 15.5. The maximum atomic E-state index is 12.0. The highest BCUT2D eigenvalue weighted by molar-refractivity contribution is 7.89.